The Kier molecular flexibility index (Phi) is 4.22. The summed E-state index contributed by atoms with van der Waals surface area (Å²) in [6.45, 7) is 1.48. The Morgan fingerprint density at radius 2 is 2.00 bits per heavy atom. The van der Waals surface area contributed by atoms with Crippen LogP contribution in [0, 0.1) is 0 Å². The van der Waals surface area contributed by atoms with Crippen LogP contribution in [0.5, 0.6) is 0 Å². The molecule has 2 heterocycles. The van der Waals surface area contributed by atoms with Crippen molar-refractivity contribution in [3.8, 4) is 0 Å². The second-order valence-corrected chi connectivity index (χ2v) is 6.26. The molecule has 3 rings (SSSR count). The molecule has 1 aliphatic rings. The number of hydrogen-bond acceptors (Lipinski definition) is 4. The Bertz CT molecular complexity index is 684. The molecule has 0 aliphatic carbocycles. The number of rotatable bonds is 3. The first-order valence-electron chi connectivity index (χ1n) is 7.09. The lowest BCUT2D eigenvalue weighted by Crippen LogP contribution is -2.45. The number of hydrogen-bond donors (Lipinski definition) is 2. The largest absolute Gasteiger partial charge is 0.351 e. The van der Waals surface area contributed by atoms with Crippen LogP contribution in [-0.4, -0.2) is 23.4 Å². The highest BCUT2D eigenvalue weighted by atomic mass is 32.1. The molecule has 0 spiro atoms. The van der Waals surface area contributed by atoms with Gasteiger partial charge in [-0.15, -0.1) is 11.3 Å². The van der Waals surface area contributed by atoms with Crippen molar-refractivity contribution in [1.29, 1.82) is 0 Å². The van der Waals surface area contributed by atoms with E-state index >= 15 is 0 Å². The maximum Gasteiger partial charge on any atom is 0.318 e. The number of carbonyl (C=O) groups is 2. The van der Waals surface area contributed by atoms with Gasteiger partial charge in [-0.3, -0.25) is 15.0 Å². The molecule has 22 heavy (non-hydrogen) atoms. The van der Waals surface area contributed by atoms with Gasteiger partial charge in [-0.1, -0.05) is 30.3 Å². The molecule has 1 aliphatic heterocycles. The van der Waals surface area contributed by atoms with E-state index in [0.29, 0.717) is 6.54 Å². The van der Waals surface area contributed by atoms with Gasteiger partial charge < -0.3 is 5.73 Å². The summed E-state index contributed by atoms with van der Waals surface area (Å²) in [5.74, 6) is -0.377. The number of nitrogens with one attached hydrogen (secondary N) is 1. The fraction of sp³-hybridized carbons (Fsp3) is 0.250. The van der Waals surface area contributed by atoms with E-state index in [1.165, 1.54) is 10.4 Å². The quantitative estimate of drug-likeness (QED) is 0.910. The van der Waals surface area contributed by atoms with Gasteiger partial charge in [0.2, 0.25) is 5.91 Å². The van der Waals surface area contributed by atoms with Gasteiger partial charge in [0.15, 0.2) is 0 Å². The lowest BCUT2D eigenvalue weighted by molar-refractivity contribution is -0.125. The van der Waals surface area contributed by atoms with Crippen molar-refractivity contribution >= 4 is 23.3 Å². The van der Waals surface area contributed by atoms with Gasteiger partial charge in [0.1, 0.15) is 6.04 Å². The Morgan fingerprint density at radius 1 is 1.23 bits per heavy atom. The smallest absolute Gasteiger partial charge is 0.318 e. The van der Waals surface area contributed by atoms with Crippen LogP contribution >= 0.6 is 11.3 Å². The number of urea groups is 1. The van der Waals surface area contributed by atoms with Crippen LogP contribution in [-0.2, 0) is 17.8 Å². The first-order chi connectivity index (χ1) is 10.6. The van der Waals surface area contributed by atoms with E-state index in [1.54, 1.807) is 11.3 Å². The molecule has 1 atom stereocenters. The van der Waals surface area contributed by atoms with Crippen molar-refractivity contribution in [2.24, 2.45) is 5.73 Å². The SMILES string of the molecule is NC(=O)NC(=O)[C@H](c1ccccc1)N1CCc2sccc2C1. The Balaban J connectivity index is 1.89. The summed E-state index contributed by atoms with van der Waals surface area (Å²) < 4.78 is 0. The van der Waals surface area contributed by atoms with Crippen molar-refractivity contribution in [3.05, 3.63) is 57.8 Å². The van der Waals surface area contributed by atoms with Crippen molar-refractivity contribution in [2.75, 3.05) is 6.54 Å². The molecule has 0 radical (unpaired) electrons. The van der Waals surface area contributed by atoms with Crippen molar-refractivity contribution in [3.63, 3.8) is 0 Å². The van der Waals surface area contributed by atoms with E-state index in [0.717, 1.165) is 18.5 Å². The van der Waals surface area contributed by atoms with Gasteiger partial charge in [-0.25, -0.2) is 4.79 Å². The normalized spacial score (nSPS) is 15.8. The molecule has 0 saturated heterocycles. The number of amides is 3. The lowest BCUT2D eigenvalue weighted by Gasteiger charge is -2.33. The Labute approximate surface area is 132 Å². The van der Waals surface area contributed by atoms with Gasteiger partial charge in [0.25, 0.3) is 0 Å². The van der Waals surface area contributed by atoms with Crippen LogP contribution < -0.4 is 11.1 Å². The average molecular weight is 315 g/mol. The first kappa shape index (κ1) is 14.7. The highest BCUT2D eigenvalue weighted by molar-refractivity contribution is 7.10. The van der Waals surface area contributed by atoms with Gasteiger partial charge in [-0.05, 0) is 29.0 Å². The van der Waals surface area contributed by atoms with Crippen LogP contribution in [0.2, 0.25) is 0 Å². The minimum Gasteiger partial charge on any atom is -0.351 e. The van der Waals surface area contributed by atoms with Crippen molar-refractivity contribution < 1.29 is 9.59 Å². The third kappa shape index (κ3) is 3.03. The van der Waals surface area contributed by atoms with E-state index in [9.17, 15) is 9.59 Å². The molecule has 1 aromatic carbocycles. The zero-order valence-corrected chi connectivity index (χ0v) is 12.8. The third-order valence-corrected chi connectivity index (χ3v) is 4.84. The topological polar surface area (TPSA) is 75.4 Å². The zero-order chi connectivity index (χ0) is 15.5. The van der Waals surface area contributed by atoms with Crippen LogP contribution in [0.25, 0.3) is 0 Å². The molecule has 0 unspecified atom stereocenters. The average Bonchev–Trinajstić information content (AvgIpc) is 2.95. The first-order valence-corrected chi connectivity index (χ1v) is 7.97. The molecule has 1 aromatic heterocycles. The zero-order valence-electron chi connectivity index (χ0n) is 12.0. The molecule has 3 amide bonds. The molecule has 0 fully saturated rings. The third-order valence-electron chi connectivity index (χ3n) is 3.81. The Hall–Kier alpha value is -2.18. The summed E-state index contributed by atoms with van der Waals surface area (Å²) in [6.07, 6.45) is 0.917. The number of imide groups is 1. The number of nitrogens with two attached hydrogens (primary N) is 1. The molecule has 114 valence electrons. The maximum atomic E-state index is 12.5. The number of carbonyl (C=O) groups excluding carboxylic acids is 2. The van der Waals surface area contributed by atoms with Crippen LogP contribution in [0.15, 0.2) is 41.8 Å². The predicted octanol–water partition coefficient (Wildman–Crippen LogP) is 2.04. The molecular formula is C16H17N3O2S. The molecule has 2 aromatic rings. The van der Waals surface area contributed by atoms with Gasteiger partial charge >= 0.3 is 6.03 Å². The predicted molar refractivity (Wildman–Crippen MR) is 85.3 cm³/mol. The summed E-state index contributed by atoms with van der Waals surface area (Å²) in [5.41, 5.74) is 7.23. The lowest BCUT2D eigenvalue weighted by atomic mass is 10.0. The number of nitrogens with zero attached hydrogens (tertiary/aromatic N) is 1. The summed E-state index contributed by atoms with van der Waals surface area (Å²) >= 11 is 1.75. The minimum atomic E-state index is -0.820. The monoisotopic (exact) mass is 315 g/mol. The van der Waals surface area contributed by atoms with E-state index in [1.807, 2.05) is 30.3 Å². The molecular weight excluding hydrogens is 298 g/mol. The maximum absolute atomic E-state index is 12.5. The molecule has 5 nitrogen and oxygen atoms in total. The van der Waals surface area contributed by atoms with Crippen LogP contribution in [0.1, 0.15) is 22.0 Å². The van der Waals surface area contributed by atoms with Gasteiger partial charge in [0.05, 0.1) is 0 Å². The Morgan fingerprint density at radius 3 is 2.73 bits per heavy atom. The number of benzene rings is 1. The minimum absolute atomic E-state index is 0.377. The van der Waals surface area contributed by atoms with E-state index < -0.39 is 12.1 Å². The summed E-state index contributed by atoms with van der Waals surface area (Å²) in [4.78, 5) is 27.0. The second kappa shape index (κ2) is 6.29. The van der Waals surface area contributed by atoms with E-state index in [-0.39, 0.29) is 5.91 Å². The van der Waals surface area contributed by atoms with Crippen molar-refractivity contribution in [1.82, 2.24) is 10.2 Å². The fourth-order valence-corrected chi connectivity index (χ4v) is 3.73. The second-order valence-electron chi connectivity index (χ2n) is 5.26. The van der Waals surface area contributed by atoms with Crippen LogP contribution in [0.4, 0.5) is 4.79 Å². The van der Waals surface area contributed by atoms with Gasteiger partial charge in [0, 0.05) is 18.0 Å². The summed E-state index contributed by atoms with van der Waals surface area (Å²) in [5, 5.41) is 4.30. The number of primary amides is 1. The molecule has 0 bridgehead atoms. The fourth-order valence-electron chi connectivity index (χ4n) is 2.84. The number of thiophene rings is 1. The molecule has 0 saturated carbocycles. The highest BCUT2D eigenvalue weighted by Crippen LogP contribution is 2.30. The molecule has 6 heteroatoms. The highest BCUT2D eigenvalue weighted by Gasteiger charge is 2.31. The van der Waals surface area contributed by atoms with E-state index in [4.69, 9.17) is 5.73 Å². The summed E-state index contributed by atoms with van der Waals surface area (Å²) in [6, 6.07) is 10.2. The molecule has 3 N–H and O–H groups in total. The van der Waals surface area contributed by atoms with Crippen LogP contribution in [0.3, 0.4) is 0 Å². The van der Waals surface area contributed by atoms with E-state index in [2.05, 4.69) is 21.7 Å². The standard InChI is InChI=1S/C16H17N3O2S/c17-16(21)18-15(20)14(11-4-2-1-3-5-11)19-8-6-13-12(10-19)7-9-22-13/h1-5,7,9,14H,6,8,10H2,(H3,17,18,20,21)/t14-/m0/s1. The number of fused-ring (bicyclic) bond motifs is 1. The van der Waals surface area contributed by atoms with Gasteiger partial charge in [-0.2, -0.15) is 0 Å². The van der Waals surface area contributed by atoms with Crippen molar-refractivity contribution in [2.45, 2.75) is 19.0 Å². The summed E-state index contributed by atoms with van der Waals surface area (Å²) in [7, 11) is 0.